The lowest BCUT2D eigenvalue weighted by molar-refractivity contribution is -0.137. The number of carboxylic acid groups (broad SMARTS) is 1. The van der Waals surface area contributed by atoms with Gasteiger partial charge in [-0.15, -0.1) is 0 Å². The molecule has 0 saturated carbocycles. The molecule has 25 heavy (non-hydrogen) atoms. The maximum Gasteiger partial charge on any atom is 0.303 e. The predicted molar refractivity (Wildman–Crippen MR) is 94.1 cm³/mol. The molecule has 0 radical (unpaired) electrons. The van der Waals surface area contributed by atoms with Gasteiger partial charge >= 0.3 is 5.97 Å². The van der Waals surface area contributed by atoms with Crippen molar-refractivity contribution in [3.8, 4) is 0 Å². The van der Waals surface area contributed by atoms with Crippen molar-refractivity contribution >= 4 is 27.0 Å². The zero-order chi connectivity index (χ0) is 18.0. The van der Waals surface area contributed by atoms with E-state index in [1.54, 1.807) is 48.5 Å². The van der Waals surface area contributed by atoms with Crippen LogP contribution in [0.1, 0.15) is 24.2 Å². The Balaban J connectivity index is 2.15. The first-order valence-electron chi connectivity index (χ1n) is 7.90. The molecule has 0 aliphatic heterocycles. The SMILES string of the molecule is Cc1ccc2c(cc(CCCC(=O)O)n2S(=O)(=O)c2ccccc2)n1. The Morgan fingerprint density at radius 2 is 1.88 bits per heavy atom. The van der Waals surface area contributed by atoms with Crippen molar-refractivity contribution in [2.75, 3.05) is 0 Å². The standard InChI is InChI=1S/C18H18N2O4S/c1-13-10-11-17-16(19-13)12-14(6-5-9-18(21)22)20(17)25(23,24)15-7-3-2-4-8-15/h2-4,7-8,10-12H,5-6,9H2,1H3,(H,21,22). The van der Waals surface area contributed by atoms with Crippen molar-refractivity contribution in [2.24, 2.45) is 0 Å². The van der Waals surface area contributed by atoms with Gasteiger partial charge < -0.3 is 5.11 Å². The Morgan fingerprint density at radius 3 is 2.56 bits per heavy atom. The first-order valence-corrected chi connectivity index (χ1v) is 9.34. The average Bonchev–Trinajstić information content (AvgIpc) is 2.93. The fourth-order valence-electron chi connectivity index (χ4n) is 2.79. The zero-order valence-corrected chi connectivity index (χ0v) is 14.5. The van der Waals surface area contributed by atoms with Crippen LogP contribution < -0.4 is 0 Å². The van der Waals surface area contributed by atoms with Gasteiger partial charge in [-0.3, -0.25) is 9.78 Å². The van der Waals surface area contributed by atoms with E-state index in [0.29, 0.717) is 29.6 Å². The lowest BCUT2D eigenvalue weighted by Crippen LogP contribution is -2.16. The van der Waals surface area contributed by atoms with Crippen molar-refractivity contribution in [2.45, 2.75) is 31.1 Å². The van der Waals surface area contributed by atoms with Crippen molar-refractivity contribution in [1.29, 1.82) is 0 Å². The number of nitrogens with zero attached hydrogens (tertiary/aromatic N) is 2. The van der Waals surface area contributed by atoms with Gasteiger partial charge in [0.05, 0.1) is 15.9 Å². The van der Waals surface area contributed by atoms with Crippen LogP contribution in [0.25, 0.3) is 11.0 Å². The summed E-state index contributed by atoms with van der Waals surface area (Å²) < 4.78 is 27.5. The summed E-state index contributed by atoms with van der Waals surface area (Å²) in [5.41, 5.74) is 2.42. The van der Waals surface area contributed by atoms with E-state index in [1.807, 2.05) is 6.92 Å². The lowest BCUT2D eigenvalue weighted by atomic mass is 10.2. The summed E-state index contributed by atoms with van der Waals surface area (Å²) >= 11 is 0. The molecule has 0 atom stereocenters. The monoisotopic (exact) mass is 358 g/mol. The number of benzene rings is 1. The third kappa shape index (κ3) is 3.41. The highest BCUT2D eigenvalue weighted by Gasteiger charge is 2.23. The Bertz CT molecular complexity index is 1020. The number of aromatic nitrogens is 2. The van der Waals surface area contributed by atoms with E-state index in [9.17, 15) is 13.2 Å². The average molecular weight is 358 g/mol. The minimum Gasteiger partial charge on any atom is -0.481 e. The molecule has 130 valence electrons. The second-order valence-electron chi connectivity index (χ2n) is 5.82. The van der Waals surface area contributed by atoms with Crippen molar-refractivity contribution < 1.29 is 18.3 Å². The van der Waals surface area contributed by atoms with Gasteiger partial charge in [0.1, 0.15) is 0 Å². The van der Waals surface area contributed by atoms with E-state index in [1.165, 1.54) is 3.97 Å². The predicted octanol–water partition coefficient (Wildman–Crippen LogP) is 2.99. The molecule has 3 aromatic rings. The van der Waals surface area contributed by atoms with Gasteiger partial charge in [0.25, 0.3) is 10.0 Å². The molecule has 0 aliphatic rings. The number of rotatable bonds is 6. The minimum absolute atomic E-state index is 0.0145. The van der Waals surface area contributed by atoms with Crippen LogP contribution in [0.2, 0.25) is 0 Å². The summed E-state index contributed by atoms with van der Waals surface area (Å²) in [5, 5.41) is 8.84. The van der Waals surface area contributed by atoms with Crippen LogP contribution in [0, 0.1) is 6.92 Å². The van der Waals surface area contributed by atoms with Crippen LogP contribution in [0.4, 0.5) is 0 Å². The Hall–Kier alpha value is -2.67. The van der Waals surface area contributed by atoms with Gasteiger partial charge in [0.15, 0.2) is 0 Å². The molecule has 0 spiro atoms. The molecule has 6 nitrogen and oxygen atoms in total. The molecule has 0 fully saturated rings. The number of carboxylic acids is 1. The van der Waals surface area contributed by atoms with Crippen LogP contribution >= 0.6 is 0 Å². The molecular formula is C18H18N2O4S. The third-order valence-corrected chi connectivity index (χ3v) is 5.71. The smallest absolute Gasteiger partial charge is 0.303 e. The number of carbonyl (C=O) groups is 1. The third-order valence-electron chi connectivity index (χ3n) is 3.93. The first-order chi connectivity index (χ1) is 11.9. The quantitative estimate of drug-likeness (QED) is 0.732. The highest BCUT2D eigenvalue weighted by Crippen LogP contribution is 2.26. The molecule has 2 heterocycles. The first kappa shape index (κ1) is 17.2. The Kier molecular flexibility index (Phi) is 4.59. The number of hydrogen-bond acceptors (Lipinski definition) is 4. The topological polar surface area (TPSA) is 89.3 Å². The number of fused-ring (bicyclic) bond motifs is 1. The van der Waals surface area contributed by atoms with Gasteiger partial charge in [-0.05, 0) is 50.1 Å². The van der Waals surface area contributed by atoms with Gasteiger partial charge in [0, 0.05) is 17.8 Å². The Labute approximate surface area is 145 Å². The minimum atomic E-state index is -3.79. The van der Waals surface area contributed by atoms with Crippen molar-refractivity contribution in [3.05, 3.63) is 59.9 Å². The van der Waals surface area contributed by atoms with Crippen LogP contribution in [-0.2, 0) is 21.2 Å². The van der Waals surface area contributed by atoms with Crippen LogP contribution in [-0.4, -0.2) is 28.5 Å². The highest BCUT2D eigenvalue weighted by molar-refractivity contribution is 7.90. The second-order valence-corrected chi connectivity index (χ2v) is 7.61. The molecule has 2 aromatic heterocycles. The van der Waals surface area contributed by atoms with Crippen molar-refractivity contribution in [1.82, 2.24) is 8.96 Å². The molecule has 0 bridgehead atoms. The molecule has 1 N–H and O–H groups in total. The molecule has 7 heteroatoms. The van der Waals surface area contributed by atoms with Gasteiger partial charge in [0.2, 0.25) is 0 Å². The Morgan fingerprint density at radius 1 is 1.16 bits per heavy atom. The summed E-state index contributed by atoms with van der Waals surface area (Å²) in [6.45, 7) is 1.84. The molecule has 0 unspecified atom stereocenters. The number of hydrogen-bond donors (Lipinski definition) is 1. The van der Waals surface area contributed by atoms with Crippen molar-refractivity contribution in [3.63, 3.8) is 0 Å². The van der Waals surface area contributed by atoms with Crippen LogP contribution in [0.15, 0.2) is 53.4 Å². The molecule has 3 rings (SSSR count). The van der Waals surface area contributed by atoms with Crippen LogP contribution in [0.3, 0.4) is 0 Å². The second kappa shape index (κ2) is 6.68. The van der Waals surface area contributed by atoms with E-state index in [0.717, 1.165) is 5.69 Å². The fraction of sp³-hybridized carbons (Fsp3) is 0.222. The molecule has 1 aromatic carbocycles. The van der Waals surface area contributed by atoms with E-state index in [2.05, 4.69) is 4.98 Å². The van der Waals surface area contributed by atoms with Crippen LogP contribution in [0.5, 0.6) is 0 Å². The molecule has 0 aliphatic carbocycles. The molecule has 0 amide bonds. The summed E-state index contributed by atoms with van der Waals surface area (Å²) in [6, 6.07) is 13.4. The lowest BCUT2D eigenvalue weighted by Gasteiger charge is -2.11. The van der Waals surface area contributed by atoms with E-state index < -0.39 is 16.0 Å². The van der Waals surface area contributed by atoms with E-state index in [-0.39, 0.29) is 11.3 Å². The van der Waals surface area contributed by atoms with Gasteiger partial charge in [-0.1, -0.05) is 18.2 Å². The normalized spacial score (nSPS) is 11.7. The van der Waals surface area contributed by atoms with E-state index in [4.69, 9.17) is 5.11 Å². The maximum atomic E-state index is 13.1. The largest absolute Gasteiger partial charge is 0.481 e. The summed E-state index contributed by atoms with van der Waals surface area (Å²) in [5.74, 6) is -0.900. The zero-order valence-electron chi connectivity index (χ0n) is 13.7. The fourth-order valence-corrected chi connectivity index (χ4v) is 4.37. The number of aryl methyl sites for hydroxylation is 2. The summed E-state index contributed by atoms with van der Waals surface area (Å²) in [6.07, 6.45) is 0.683. The molecule has 0 saturated heterocycles. The van der Waals surface area contributed by atoms with E-state index >= 15 is 0 Å². The highest BCUT2D eigenvalue weighted by atomic mass is 32.2. The summed E-state index contributed by atoms with van der Waals surface area (Å²) in [4.78, 5) is 15.4. The molecular weight excluding hydrogens is 340 g/mol. The number of aliphatic carboxylic acids is 1. The number of pyridine rings is 1. The van der Waals surface area contributed by atoms with Gasteiger partial charge in [-0.2, -0.15) is 0 Å². The maximum absolute atomic E-state index is 13.1. The van der Waals surface area contributed by atoms with Gasteiger partial charge in [-0.25, -0.2) is 12.4 Å². The summed E-state index contributed by atoms with van der Waals surface area (Å²) in [7, 11) is -3.79.